The van der Waals surface area contributed by atoms with Gasteiger partial charge in [-0.2, -0.15) is 0 Å². The fourth-order valence-corrected chi connectivity index (χ4v) is 3.89. The Hall–Kier alpha value is -4.55. The molecule has 0 aliphatic heterocycles. The molecule has 15 heteroatoms. The van der Waals surface area contributed by atoms with Crippen LogP contribution in [-0.2, 0) is 58.3 Å². The van der Waals surface area contributed by atoms with Gasteiger partial charge in [0.15, 0.2) is 0 Å². The summed E-state index contributed by atoms with van der Waals surface area (Å²) in [6.07, 6.45) is 11.9. The van der Waals surface area contributed by atoms with E-state index in [4.69, 9.17) is 0 Å². The van der Waals surface area contributed by atoms with E-state index >= 15 is 0 Å². The van der Waals surface area contributed by atoms with Crippen molar-refractivity contribution in [2.45, 2.75) is 12.5 Å². The summed E-state index contributed by atoms with van der Waals surface area (Å²) < 4.78 is 1.89. The Kier molecular flexibility index (Phi) is 28.6. The average Bonchev–Trinajstić information content (AvgIpc) is 3.59. The van der Waals surface area contributed by atoms with Gasteiger partial charge in [0.25, 0.3) is 0 Å². The molecule has 0 saturated heterocycles. The first-order chi connectivity index (χ1) is 23.8. The van der Waals surface area contributed by atoms with Crippen LogP contribution < -0.4 is 0 Å². The number of hydrogen-bond donors (Lipinski definition) is 5. The molecule has 0 aliphatic rings. The van der Waals surface area contributed by atoms with Gasteiger partial charge in [-0.05, 0) is 55.0 Å². The van der Waals surface area contributed by atoms with Gasteiger partial charge in [0.05, 0.1) is 25.5 Å². The number of aliphatic hydroxyl groups excluding tert-OH is 1. The van der Waals surface area contributed by atoms with Gasteiger partial charge in [-0.1, -0.05) is 48.5 Å². The number of phenolic OH excluding ortho intramolecular Hbond substituents is 4. The molecular weight excluding hydrogens is 827 g/mol. The Morgan fingerprint density at radius 1 is 0.585 bits per heavy atom. The minimum absolute atomic E-state index is 0. The minimum Gasteiger partial charge on any atom is -0.507 e. The fourth-order valence-electron chi connectivity index (χ4n) is 3.89. The molecule has 0 unspecified atom stereocenters. The molecule has 0 spiro atoms. The van der Waals surface area contributed by atoms with E-state index in [0.717, 1.165) is 17.5 Å². The predicted octanol–water partition coefficient (Wildman–Crippen LogP) is 4.61. The summed E-state index contributed by atoms with van der Waals surface area (Å²) in [6.45, 7) is 1.66. The number of aliphatic imine (C=N–C) groups is 4. The molecule has 2 radical (unpaired) electrons. The molecule has 0 amide bonds. The van der Waals surface area contributed by atoms with E-state index in [1.165, 1.54) is 12.4 Å². The van der Waals surface area contributed by atoms with Crippen LogP contribution in [-0.4, -0.2) is 97.7 Å². The maximum Gasteiger partial charge on any atom is 1.00 e. The number of aromatic nitrogens is 2. The zero-order valence-electron chi connectivity index (χ0n) is 28.7. The Morgan fingerprint density at radius 2 is 0.906 bits per heavy atom. The number of hydrogen-bond acceptors (Lipinski definition) is 10. The van der Waals surface area contributed by atoms with Crippen LogP contribution in [0.5, 0.6) is 23.0 Å². The zero-order valence-corrected chi connectivity index (χ0v) is 31.5. The summed E-state index contributed by atoms with van der Waals surface area (Å²) in [5.74, 6) is 0.772. The van der Waals surface area contributed by atoms with Crippen molar-refractivity contribution < 1.29 is 82.2 Å². The number of aliphatic hydroxyl groups is 1. The van der Waals surface area contributed by atoms with Crippen LogP contribution in [0.15, 0.2) is 136 Å². The van der Waals surface area contributed by atoms with Gasteiger partial charge in [0.1, 0.15) is 23.0 Å². The smallest absolute Gasteiger partial charge is 0.507 e. The third kappa shape index (κ3) is 20.9. The molecule has 7 N–H and O–H groups in total. The largest absolute Gasteiger partial charge is 1.00 e. The number of imidazole rings is 1. The van der Waals surface area contributed by atoms with Crippen LogP contribution in [0.3, 0.4) is 0 Å². The van der Waals surface area contributed by atoms with Crippen molar-refractivity contribution in [3.63, 3.8) is 0 Å². The number of nitrogens with zero attached hydrogens (tertiary/aromatic N) is 6. The fraction of sp³-hybridized carbons (Fsp3) is 0.184. The van der Waals surface area contributed by atoms with Gasteiger partial charge in [0.2, 0.25) is 0 Å². The second-order valence-electron chi connectivity index (χ2n) is 10.5. The van der Waals surface area contributed by atoms with E-state index in [2.05, 4.69) is 25.0 Å². The summed E-state index contributed by atoms with van der Waals surface area (Å²) in [4.78, 5) is 20.5. The summed E-state index contributed by atoms with van der Waals surface area (Å²) in [5, 5.41) is 48.1. The molecule has 0 fully saturated rings. The van der Waals surface area contributed by atoms with E-state index < -0.39 is 6.10 Å². The van der Waals surface area contributed by atoms with Crippen molar-refractivity contribution in [1.29, 1.82) is 0 Å². The Morgan fingerprint density at radius 3 is 1.17 bits per heavy atom. The second kappa shape index (κ2) is 30.0. The maximum absolute atomic E-state index is 9.79. The SMILES string of the molecule is Cn1ccnc1.O.Oc1ccccc1C=NCC(O)CN=Cc1ccccc1O.Oc1ccccc1C=NCCCN=Cc1ccccc1O.[Cu+].[Cu].[Cu]. The normalized spacial score (nSPS) is 10.9. The van der Waals surface area contributed by atoms with Crippen molar-refractivity contribution in [2.75, 3.05) is 26.2 Å². The molecule has 0 aliphatic carbocycles. The van der Waals surface area contributed by atoms with Gasteiger partial charge in [-0.15, -0.1) is 0 Å². The Bertz CT molecular complexity index is 1690. The molecule has 53 heavy (non-hydrogen) atoms. The number of para-hydroxylation sites is 4. The first-order valence-corrected chi connectivity index (χ1v) is 15.5. The summed E-state index contributed by atoms with van der Waals surface area (Å²) in [5.41, 5.74) is 2.64. The molecule has 0 saturated carbocycles. The number of aromatic hydroxyl groups is 4. The van der Waals surface area contributed by atoms with E-state index in [1.54, 1.807) is 97.7 Å². The van der Waals surface area contributed by atoms with E-state index in [9.17, 15) is 25.5 Å². The van der Waals surface area contributed by atoms with E-state index in [0.29, 0.717) is 24.2 Å². The average molecular weight is 871 g/mol. The molecule has 0 atom stereocenters. The molecule has 1 heterocycles. The summed E-state index contributed by atoms with van der Waals surface area (Å²) in [6, 6.07) is 27.9. The van der Waals surface area contributed by atoms with E-state index in [-0.39, 0.29) is 92.8 Å². The monoisotopic (exact) mass is 869 g/mol. The van der Waals surface area contributed by atoms with Crippen molar-refractivity contribution in [3.8, 4) is 23.0 Å². The van der Waals surface area contributed by atoms with Crippen molar-refractivity contribution in [2.24, 2.45) is 27.0 Å². The van der Waals surface area contributed by atoms with Crippen LogP contribution in [0.2, 0.25) is 0 Å². The van der Waals surface area contributed by atoms with Gasteiger partial charge in [-0.25, -0.2) is 4.98 Å². The van der Waals surface area contributed by atoms with Crippen molar-refractivity contribution in [3.05, 3.63) is 138 Å². The first kappa shape index (κ1) is 50.6. The Labute approximate surface area is 341 Å². The zero-order chi connectivity index (χ0) is 35.1. The summed E-state index contributed by atoms with van der Waals surface area (Å²) in [7, 11) is 1.94. The predicted molar refractivity (Wildman–Crippen MR) is 200 cm³/mol. The maximum atomic E-state index is 9.79. The topological polar surface area (TPSA) is 200 Å². The molecule has 294 valence electrons. The third-order valence-corrected chi connectivity index (χ3v) is 6.51. The number of phenols is 4. The standard InChI is InChI=1S/C17H18N2O3.C17H18N2O2.C4H6N2.3Cu.H2O/c20-15(11-18-9-13-5-1-3-7-16(13)21)12-19-10-14-6-2-4-8-17(14)22;20-16-8-3-1-6-14(16)12-18-10-5-11-19-13-15-7-2-4-9-17(15)21;1-6-3-2-5-4-6;;;;/h1-10,15,20-22H,11-12H2;1-4,6-9,12-13,20-21H,5,10-11H2;2-4H,1H3;;;;1H2/q;;;;;+1;. The quantitative estimate of drug-likeness (QED) is 0.0689. The van der Waals surface area contributed by atoms with Crippen molar-refractivity contribution in [1.82, 2.24) is 9.55 Å². The summed E-state index contributed by atoms with van der Waals surface area (Å²) >= 11 is 0. The molecule has 0 bridgehead atoms. The molecule has 4 aromatic carbocycles. The molecule has 5 rings (SSSR count). The molecule has 1 aromatic heterocycles. The number of benzene rings is 4. The molecule has 5 aromatic rings. The van der Waals surface area contributed by atoms with Gasteiger partial charge in [-0.3, -0.25) is 20.0 Å². The van der Waals surface area contributed by atoms with Crippen LogP contribution in [0.1, 0.15) is 28.7 Å². The van der Waals surface area contributed by atoms with Crippen LogP contribution >= 0.6 is 0 Å². The van der Waals surface area contributed by atoms with Gasteiger partial charge < -0.3 is 35.6 Å². The van der Waals surface area contributed by atoms with Crippen LogP contribution in [0.4, 0.5) is 0 Å². The van der Waals surface area contributed by atoms with E-state index in [1.807, 2.05) is 42.1 Å². The molecule has 12 nitrogen and oxygen atoms in total. The number of rotatable bonds is 12. The van der Waals surface area contributed by atoms with Gasteiger partial charge >= 0.3 is 17.1 Å². The van der Waals surface area contributed by atoms with Crippen LogP contribution in [0, 0.1) is 0 Å². The minimum atomic E-state index is -0.718. The van der Waals surface area contributed by atoms with Gasteiger partial charge in [0, 0.05) is 114 Å². The number of aryl methyl sites for hydroxylation is 1. The Balaban J connectivity index is 0. The van der Waals surface area contributed by atoms with Crippen LogP contribution in [0.25, 0.3) is 0 Å². The first-order valence-electron chi connectivity index (χ1n) is 15.5. The third-order valence-electron chi connectivity index (χ3n) is 6.51. The van der Waals surface area contributed by atoms with Crippen molar-refractivity contribution >= 4 is 24.9 Å². The second-order valence-corrected chi connectivity index (χ2v) is 10.5. The molecular formula is C38H44Cu3N6O6+.